The van der Waals surface area contributed by atoms with E-state index in [9.17, 15) is 9.18 Å². The van der Waals surface area contributed by atoms with Crippen LogP contribution in [0.5, 0.6) is 0 Å². The van der Waals surface area contributed by atoms with Gasteiger partial charge in [0.1, 0.15) is 5.82 Å². The van der Waals surface area contributed by atoms with Crippen LogP contribution in [0.2, 0.25) is 0 Å². The topological polar surface area (TPSA) is 17.1 Å². The summed E-state index contributed by atoms with van der Waals surface area (Å²) in [6, 6.07) is 3.17. The largest absolute Gasteiger partial charge is 0.294 e. The summed E-state index contributed by atoms with van der Waals surface area (Å²) in [5.41, 5.74) is 1.12. The zero-order valence-corrected chi connectivity index (χ0v) is 8.69. The zero-order valence-electron chi connectivity index (χ0n) is 7.10. The molecule has 0 N–H and O–H groups in total. The number of hydrogen-bond acceptors (Lipinski definition) is 1. The SMILES string of the molecule is CC1CC(=O)c2c(F)cc(Br)cc21. The van der Waals surface area contributed by atoms with Gasteiger partial charge in [-0.05, 0) is 23.6 Å². The monoisotopic (exact) mass is 242 g/mol. The van der Waals surface area contributed by atoms with E-state index in [-0.39, 0.29) is 17.3 Å². The van der Waals surface area contributed by atoms with Crippen molar-refractivity contribution >= 4 is 21.7 Å². The first-order chi connectivity index (χ1) is 6.09. The van der Waals surface area contributed by atoms with Crippen LogP contribution < -0.4 is 0 Å². The lowest BCUT2D eigenvalue weighted by Crippen LogP contribution is -1.95. The molecule has 1 aromatic rings. The number of carbonyl (C=O) groups excluding carboxylic acids is 1. The molecule has 1 nitrogen and oxygen atoms in total. The summed E-state index contributed by atoms with van der Waals surface area (Å²) >= 11 is 3.21. The van der Waals surface area contributed by atoms with Gasteiger partial charge in [-0.1, -0.05) is 22.9 Å². The Morgan fingerprint density at radius 1 is 1.54 bits per heavy atom. The van der Waals surface area contributed by atoms with E-state index in [1.807, 2.05) is 13.0 Å². The highest BCUT2D eigenvalue weighted by Gasteiger charge is 2.29. The molecule has 0 radical (unpaired) electrons. The second-order valence-electron chi connectivity index (χ2n) is 3.38. The average molecular weight is 243 g/mol. The fourth-order valence-electron chi connectivity index (χ4n) is 1.77. The fraction of sp³-hybridized carbons (Fsp3) is 0.300. The molecule has 1 atom stereocenters. The maximum Gasteiger partial charge on any atom is 0.166 e. The Morgan fingerprint density at radius 3 is 2.92 bits per heavy atom. The third-order valence-corrected chi connectivity index (χ3v) is 2.84. The van der Waals surface area contributed by atoms with Gasteiger partial charge in [0.05, 0.1) is 5.56 Å². The van der Waals surface area contributed by atoms with Crippen molar-refractivity contribution in [2.24, 2.45) is 0 Å². The van der Waals surface area contributed by atoms with E-state index in [1.54, 1.807) is 0 Å². The van der Waals surface area contributed by atoms with Gasteiger partial charge in [0.25, 0.3) is 0 Å². The van der Waals surface area contributed by atoms with Crippen LogP contribution in [0.25, 0.3) is 0 Å². The number of ketones is 1. The van der Waals surface area contributed by atoms with Gasteiger partial charge in [-0.3, -0.25) is 4.79 Å². The van der Waals surface area contributed by atoms with Gasteiger partial charge in [0, 0.05) is 10.9 Å². The molecule has 0 aromatic heterocycles. The first-order valence-corrected chi connectivity index (χ1v) is 4.91. The molecular weight excluding hydrogens is 235 g/mol. The molecule has 1 aromatic carbocycles. The minimum Gasteiger partial charge on any atom is -0.294 e. The molecule has 2 rings (SSSR count). The second-order valence-corrected chi connectivity index (χ2v) is 4.30. The molecular formula is C10H8BrFO. The smallest absolute Gasteiger partial charge is 0.166 e. The van der Waals surface area contributed by atoms with Crippen molar-refractivity contribution in [3.63, 3.8) is 0 Å². The molecule has 68 valence electrons. The Hall–Kier alpha value is -0.700. The highest BCUT2D eigenvalue weighted by atomic mass is 79.9. The summed E-state index contributed by atoms with van der Waals surface area (Å²) in [5, 5.41) is 0. The predicted octanol–water partition coefficient (Wildman–Crippen LogP) is 3.28. The summed E-state index contributed by atoms with van der Waals surface area (Å²) in [7, 11) is 0. The molecule has 0 aliphatic heterocycles. The Balaban J connectivity index is 2.69. The standard InChI is InChI=1S/C10H8BrFO/c1-5-2-9(13)10-7(5)3-6(11)4-8(10)12/h3-5H,2H2,1H3. The number of carbonyl (C=O) groups is 1. The van der Waals surface area contributed by atoms with E-state index < -0.39 is 5.82 Å². The zero-order chi connectivity index (χ0) is 9.59. The van der Waals surface area contributed by atoms with Gasteiger partial charge in [0.2, 0.25) is 0 Å². The molecule has 1 aliphatic carbocycles. The van der Waals surface area contributed by atoms with Crippen molar-refractivity contribution in [1.82, 2.24) is 0 Å². The molecule has 13 heavy (non-hydrogen) atoms. The van der Waals surface area contributed by atoms with Gasteiger partial charge in [0.15, 0.2) is 5.78 Å². The predicted molar refractivity (Wildman–Crippen MR) is 51.5 cm³/mol. The summed E-state index contributed by atoms with van der Waals surface area (Å²) < 4.78 is 14.0. The van der Waals surface area contributed by atoms with Gasteiger partial charge < -0.3 is 0 Å². The molecule has 0 saturated carbocycles. The normalized spacial score (nSPS) is 20.5. The van der Waals surface area contributed by atoms with Gasteiger partial charge in [-0.25, -0.2) is 4.39 Å². The maximum atomic E-state index is 13.3. The fourth-order valence-corrected chi connectivity index (χ4v) is 2.21. The van der Waals surface area contributed by atoms with Crippen LogP contribution >= 0.6 is 15.9 Å². The lowest BCUT2D eigenvalue weighted by Gasteiger charge is -2.03. The van der Waals surface area contributed by atoms with Crippen LogP contribution in [-0.2, 0) is 0 Å². The average Bonchev–Trinajstić information content (AvgIpc) is 2.27. The molecule has 0 saturated heterocycles. The van der Waals surface area contributed by atoms with E-state index in [4.69, 9.17) is 0 Å². The molecule has 0 heterocycles. The quantitative estimate of drug-likeness (QED) is 0.683. The molecule has 3 heteroatoms. The third kappa shape index (κ3) is 1.31. The van der Waals surface area contributed by atoms with Crippen molar-refractivity contribution < 1.29 is 9.18 Å². The van der Waals surface area contributed by atoms with Crippen LogP contribution in [0.1, 0.15) is 35.2 Å². The number of benzene rings is 1. The van der Waals surface area contributed by atoms with E-state index in [0.717, 1.165) is 5.56 Å². The van der Waals surface area contributed by atoms with Crippen molar-refractivity contribution in [2.45, 2.75) is 19.3 Å². The number of rotatable bonds is 0. The Labute approximate surface area is 84.1 Å². The second kappa shape index (κ2) is 2.91. The highest BCUT2D eigenvalue weighted by Crippen LogP contribution is 2.35. The summed E-state index contributed by atoms with van der Waals surface area (Å²) in [6.07, 6.45) is 0.433. The van der Waals surface area contributed by atoms with Crippen molar-refractivity contribution in [3.05, 3.63) is 33.5 Å². The van der Waals surface area contributed by atoms with E-state index in [0.29, 0.717) is 10.9 Å². The van der Waals surface area contributed by atoms with Gasteiger partial charge in [-0.2, -0.15) is 0 Å². The molecule has 0 fully saturated rings. The molecule has 0 amide bonds. The van der Waals surface area contributed by atoms with Gasteiger partial charge >= 0.3 is 0 Å². The maximum absolute atomic E-state index is 13.3. The highest BCUT2D eigenvalue weighted by molar-refractivity contribution is 9.10. The Morgan fingerprint density at radius 2 is 2.23 bits per heavy atom. The van der Waals surface area contributed by atoms with Crippen LogP contribution in [-0.4, -0.2) is 5.78 Å². The first-order valence-electron chi connectivity index (χ1n) is 4.11. The number of Topliss-reactive ketones (excluding diaryl/α,β-unsaturated/α-hetero) is 1. The number of hydrogen-bond donors (Lipinski definition) is 0. The van der Waals surface area contributed by atoms with E-state index in [2.05, 4.69) is 15.9 Å². The number of halogens is 2. The lowest BCUT2D eigenvalue weighted by atomic mass is 10.0. The van der Waals surface area contributed by atoms with E-state index in [1.165, 1.54) is 6.07 Å². The van der Waals surface area contributed by atoms with Crippen LogP contribution in [0.15, 0.2) is 16.6 Å². The van der Waals surface area contributed by atoms with Crippen molar-refractivity contribution in [2.75, 3.05) is 0 Å². The van der Waals surface area contributed by atoms with Crippen LogP contribution in [0, 0.1) is 5.82 Å². The molecule has 0 spiro atoms. The molecule has 1 aliphatic rings. The van der Waals surface area contributed by atoms with Gasteiger partial charge in [-0.15, -0.1) is 0 Å². The summed E-state index contributed by atoms with van der Waals surface area (Å²) in [5.74, 6) is -0.333. The summed E-state index contributed by atoms with van der Waals surface area (Å²) in [6.45, 7) is 1.94. The van der Waals surface area contributed by atoms with Crippen molar-refractivity contribution in [1.29, 1.82) is 0 Å². The molecule has 0 bridgehead atoms. The van der Waals surface area contributed by atoms with Crippen molar-refractivity contribution in [3.8, 4) is 0 Å². The minimum atomic E-state index is -0.404. The van der Waals surface area contributed by atoms with Crippen LogP contribution in [0.4, 0.5) is 4.39 Å². The van der Waals surface area contributed by atoms with Crippen LogP contribution in [0.3, 0.4) is 0 Å². The lowest BCUT2D eigenvalue weighted by molar-refractivity contribution is 0.0987. The summed E-state index contributed by atoms with van der Waals surface area (Å²) in [4.78, 5) is 11.4. The Bertz CT molecular complexity index is 387. The minimum absolute atomic E-state index is 0.0764. The number of fused-ring (bicyclic) bond motifs is 1. The molecule has 1 unspecified atom stereocenters. The van der Waals surface area contributed by atoms with E-state index >= 15 is 0 Å². The third-order valence-electron chi connectivity index (χ3n) is 2.39. The Kier molecular flexibility index (Phi) is 1.99. The first kappa shape index (κ1) is 8.88.